The van der Waals surface area contributed by atoms with Crippen LogP contribution in [0.25, 0.3) is 0 Å². The molecule has 0 aliphatic rings. The van der Waals surface area contributed by atoms with E-state index in [2.05, 4.69) is 45.9 Å². The lowest BCUT2D eigenvalue weighted by molar-refractivity contribution is -0.137. The number of hydrogen-bond donors (Lipinski definition) is 3. The topological polar surface area (TPSA) is 184 Å². The molecule has 244 valence electrons. The fraction of sp³-hybridized carbons (Fsp3) is 0.300. The van der Waals surface area contributed by atoms with Crippen LogP contribution in [0.15, 0.2) is 70.3 Å². The van der Waals surface area contributed by atoms with Crippen LogP contribution in [0.5, 0.6) is 29.1 Å². The molecule has 0 bridgehead atoms. The van der Waals surface area contributed by atoms with Crippen LogP contribution in [0.2, 0.25) is 0 Å². The van der Waals surface area contributed by atoms with Gasteiger partial charge >= 0.3 is 12.0 Å². The van der Waals surface area contributed by atoms with Crippen molar-refractivity contribution in [2.45, 2.75) is 44.0 Å². The molecule has 0 amide bonds. The fourth-order valence-electron chi connectivity index (χ4n) is 3.79. The maximum Gasteiger partial charge on any atom is 0.325 e. The number of benzene rings is 2. The summed E-state index contributed by atoms with van der Waals surface area (Å²) < 4.78 is 53.4. The summed E-state index contributed by atoms with van der Waals surface area (Å²) in [7, 11) is -2.80. The van der Waals surface area contributed by atoms with Gasteiger partial charge in [-0.2, -0.15) is 9.97 Å². The van der Waals surface area contributed by atoms with E-state index >= 15 is 0 Å². The second-order valence-corrected chi connectivity index (χ2v) is 13.3. The minimum atomic E-state index is -4.25. The van der Waals surface area contributed by atoms with Crippen molar-refractivity contribution >= 4 is 43.7 Å². The van der Waals surface area contributed by atoms with E-state index in [9.17, 15) is 18.3 Å². The first-order chi connectivity index (χ1) is 21.8. The normalized spacial score (nSPS) is 12.1. The smallest absolute Gasteiger partial charge is 0.325 e. The van der Waals surface area contributed by atoms with Crippen molar-refractivity contribution in [3.05, 3.63) is 71.0 Å². The Balaban J connectivity index is 1.75. The number of carbonyl (C=O) groups is 1. The number of carboxylic acids is 1. The Kier molecular flexibility index (Phi) is 10.8. The van der Waals surface area contributed by atoms with Crippen LogP contribution in [-0.4, -0.2) is 65.8 Å². The summed E-state index contributed by atoms with van der Waals surface area (Å²) in [6.07, 6.45) is 3.03. The molecule has 16 heteroatoms. The number of anilines is 2. The Hall–Kier alpha value is -4.70. The fourth-order valence-corrected chi connectivity index (χ4v) is 5.00. The zero-order chi connectivity index (χ0) is 33.5. The van der Waals surface area contributed by atoms with Crippen LogP contribution in [0.4, 0.5) is 11.8 Å². The number of aliphatic carboxylic acids is 1. The Morgan fingerprint density at radius 3 is 2.22 bits per heavy atom. The summed E-state index contributed by atoms with van der Waals surface area (Å²) in [4.78, 5) is 28.2. The average molecular weight is 718 g/mol. The largest absolute Gasteiger partial charge is 0.493 e. The summed E-state index contributed by atoms with van der Waals surface area (Å²) in [6, 6.07) is 12.0. The third-order valence-corrected chi connectivity index (χ3v) is 8.01. The summed E-state index contributed by atoms with van der Waals surface area (Å²) in [5.74, 6) is -1.66. The highest BCUT2D eigenvalue weighted by atomic mass is 79.9. The molecular formula is C30H33BrN6O8S. The maximum absolute atomic E-state index is 13.6. The number of nitrogens with one attached hydrogen (secondary N) is 2. The number of methoxy groups -OCH3 is 1. The van der Waals surface area contributed by atoms with E-state index in [0.29, 0.717) is 10.2 Å². The molecule has 0 radical (unpaired) electrons. The molecule has 0 aliphatic carbocycles. The van der Waals surface area contributed by atoms with E-state index in [1.807, 2.05) is 20.8 Å². The van der Waals surface area contributed by atoms with Crippen molar-refractivity contribution in [3.8, 4) is 29.1 Å². The van der Waals surface area contributed by atoms with E-state index in [1.54, 1.807) is 36.4 Å². The number of rotatable bonds is 14. The van der Waals surface area contributed by atoms with Crippen LogP contribution in [-0.2, 0) is 20.2 Å². The van der Waals surface area contributed by atoms with E-state index in [4.69, 9.17) is 18.9 Å². The number of hydrogen-bond acceptors (Lipinski definition) is 12. The predicted molar refractivity (Wildman–Crippen MR) is 172 cm³/mol. The van der Waals surface area contributed by atoms with Gasteiger partial charge in [-0.3, -0.25) is 9.52 Å². The molecule has 1 unspecified atom stereocenters. The van der Waals surface area contributed by atoms with Gasteiger partial charge in [-0.15, -0.1) is 0 Å². The van der Waals surface area contributed by atoms with Gasteiger partial charge in [-0.25, -0.2) is 18.4 Å². The first-order valence-electron chi connectivity index (χ1n) is 13.9. The number of carboxylic acid groups (broad SMARTS) is 1. The second kappa shape index (κ2) is 14.6. The Bertz CT molecular complexity index is 1770. The maximum atomic E-state index is 13.6. The second-order valence-electron chi connectivity index (χ2n) is 10.7. The summed E-state index contributed by atoms with van der Waals surface area (Å²) in [5.41, 5.74) is 0.744. The van der Waals surface area contributed by atoms with Gasteiger partial charge in [-0.1, -0.05) is 45.0 Å². The van der Waals surface area contributed by atoms with Crippen molar-refractivity contribution in [2.75, 3.05) is 30.4 Å². The molecule has 0 spiro atoms. The van der Waals surface area contributed by atoms with Crippen molar-refractivity contribution in [1.82, 2.24) is 19.9 Å². The number of aromatic nitrogens is 4. The van der Waals surface area contributed by atoms with Crippen molar-refractivity contribution in [1.29, 1.82) is 0 Å². The highest BCUT2D eigenvalue weighted by molar-refractivity contribution is 9.10. The van der Waals surface area contributed by atoms with Crippen molar-refractivity contribution < 1.29 is 37.3 Å². The van der Waals surface area contributed by atoms with Gasteiger partial charge in [0, 0.05) is 12.4 Å². The molecule has 4 rings (SSSR count). The van der Waals surface area contributed by atoms with E-state index in [-0.39, 0.29) is 58.7 Å². The van der Waals surface area contributed by atoms with E-state index in [0.717, 1.165) is 5.56 Å². The molecule has 46 heavy (non-hydrogen) atoms. The number of sulfonamides is 1. The van der Waals surface area contributed by atoms with Gasteiger partial charge in [-0.05, 0) is 58.1 Å². The Morgan fingerprint density at radius 2 is 1.61 bits per heavy atom. The van der Waals surface area contributed by atoms with Gasteiger partial charge in [0.1, 0.15) is 19.3 Å². The first-order valence-corrected chi connectivity index (χ1v) is 16.1. The average Bonchev–Trinajstić information content (AvgIpc) is 3.01. The molecular weight excluding hydrogens is 684 g/mol. The third kappa shape index (κ3) is 8.94. The minimum absolute atomic E-state index is 0.0325. The zero-order valence-corrected chi connectivity index (χ0v) is 28.0. The lowest BCUT2D eigenvalue weighted by atomic mass is 9.87. The van der Waals surface area contributed by atoms with Crippen molar-refractivity contribution in [2.24, 2.45) is 0 Å². The van der Waals surface area contributed by atoms with Crippen LogP contribution < -0.4 is 29.0 Å². The standard InChI is InChI=1S/C30H33BrN6O8S/c1-18(27(38)39)34-28-35-25(37-46(40,41)21-12-10-19(11-13-21)30(2,3)4)24(45-23-9-7-6-8-22(23)42-5)26(36-28)43-14-15-44-29-32-16-20(31)17-33-29/h6-13,16-18H,14-15H2,1-5H3,(H,38,39)(H2,34,35,36,37). The molecule has 2 aromatic heterocycles. The molecule has 0 aliphatic heterocycles. The molecule has 0 saturated heterocycles. The van der Waals surface area contributed by atoms with Crippen LogP contribution >= 0.6 is 15.9 Å². The Labute approximate surface area is 274 Å². The van der Waals surface area contributed by atoms with Crippen molar-refractivity contribution in [3.63, 3.8) is 0 Å². The first kappa shape index (κ1) is 34.2. The summed E-state index contributed by atoms with van der Waals surface area (Å²) in [5, 5.41) is 12.1. The number of halogens is 1. The molecule has 0 saturated carbocycles. The molecule has 14 nitrogen and oxygen atoms in total. The van der Waals surface area contributed by atoms with Gasteiger partial charge in [0.2, 0.25) is 11.7 Å². The highest BCUT2D eigenvalue weighted by Gasteiger charge is 2.26. The SMILES string of the molecule is COc1ccccc1Oc1c(NS(=O)(=O)c2ccc(C(C)(C)C)cc2)nc(NC(C)C(=O)O)nc1OCCOc1ncc(Br)cn1. The number of para-hydroxylation sites is 2. The lowest BCUT2D eigenvalue weighted by Crippen LogP contribution is -2.27. The minimum Gasteiger partial charge on any atom is -0.493 e. The number of nitrogens with zero attached hydrogens (tertiary/aromatic N) is 4. The van der Waals surface area contributed by atoms with Crippen LogP contribution in [0.3, 0.4) is 0 Å². The monoisotopic (exact) mass is 716 g/mol. The van der Waals surface area contributed by atoms with E-state index in [1.165, 1.54) is 38.6 Å². The third-order valence-electron chi connectivity index (χ3n) is 6.24. The van der Waals surface area contributed by atoms with Crippen LogP contribution in [0.1, 0.15) is 33.3 Å². The molecule has 1 atom stereocenters. The number of ether oxygens (including phenoxy) is 4. The quantitative estimate of drug-likeness (QED) is 0.144. The molecule has 2 heterocycles. The highest BCUT2D eigenvalue weighted by Crippen LogP contribution is 2.41. The zero-order valence-electron chi connectivity index (χ0n) is 25.6. The molecule has 2 aromatic carbocycles. The van der Waals surface area contributed by atoms with Gasteiger partial charge < -0.3 is 29.4 Å². The predicted octanol–water partition coefficient (Wildman–Crippen LogP) is 5.27. The molecule has 3 N–H and O–H groups in total. The summed E-state index contributed by atoms with van der Waals surface area (Å²) >= 11 is 3.26. The molecule has 0 fully saturated rings. The van der Waals surface area contributed by atoms with Gasteiger partial charge in [0.25, 0.3) is 15.9 Å². The van der Waals surface area contributed by atoms with Crippen LogP contribution in [0, 0.1) is 0 Å². The Morgan fingerprint density at radius 1 is 0.978 bits per heavy atom. The molecule has 4 aromatic rings. The van der Waals surface area contributed by atoms with Gasteiger partial charge in [0.05, 0.1) is 16.5 Å². The summed E-state index contributed by atoms with van der Waals surface area (Å²) in [6.45, 7) is 7.27. The lowest BCUT2D eigenvalue weighted by Gasteiger charge is -2.20. The van der Waals surface area contributed by atoms with E-state index < -0.39 is 22.0 Å². The van der Waals surface area contributed by atoms with Gasteiger partial charge in [0.15, 0.2) is 17.3 Å².